The van der Waals surface area contributed by atoms with Gasteiger partial charge >= 0.3 is 0 Å². The van der Waals surface area contributed by atoms with E-state index in [1.807, 2.05) is 0 Å². The summed E-state index contributed by atoms with van der Waals surface area (Å²) >= 11 is 0. The highest BCUT2D eigenvalue weighted by Gasteiger charge is 2.72. The van der Waals surface area contributed by atoms with E-state index in [0.29, 0.717) is 23.1 Å². The lowest BCUT2D eigenvalue weighted by atomic mass is 9.43. The van der Waals surface area contributed by atoms with Crippen LogP contribution in [0.25, 0.3) is 16.9 Å². The SMILES string of the molecule is CCC(=O)c1ccc(-c2ccc(O)c3c2C[C@]2(C)C[C@]4(C)C(C(C)C)C(=O)C(C(C)=O)=C(O)[C@]4(O)C(=O)C2=C3O)cc1. The summed E-state index contributed by atoms with van der Waals surface area (Å²) in [5.74, 6) is -5.53. The summed E-state index contributed by atoms with van der Waals surface area (Å²) in [6.07, 6.45) is 0.553. The minimum absolute atomic E-state index is 0.000401. The first-order valence-electron chi connectivity index (χ1n) is 14.2. The van der Waals surface area contributed by atoms with Gasteiger partial charge in [0.05, 0.1) is 5.56 Å². The Kier molecular flexibility index (Phi) is 6.66. The highest BCUT2D eigenvalue weighted by molar-refractivity contribution is 6.24. The van der Waals surface area contributed by atoms with Crippen LogP contribution in [0, 0.1) is 22.7 Å². The van der Waals surface area contributed by atoms with E-state index >= 15 is 0 Å². The normalized spacial score (nSPS) is 28.9. The van der Waals surface area contributed by atoms with Gasteiger partial charge in [-0.1, -0.05) is 65.0 Å². The number of aliphatic hydroxyl groups excluding tert-OH is 2. The van der Waals surface area contributed by atoms with Crippen LogP contribution in [0.4, 0.5) is 0 Å². The Bertz CT molecular complexity index is 1640. The molecule has 0 heterocycles. The zero-order valence-corrected chi connectivity index (χ0v) is 24.7. The maximum absolute atomic E-state index is 14.4. The highest BCUT2D eigenvalue weighted by atomic mass is 16.3. The van der Waals surface area contributed by atoms with E-state index in [-0.39, 0.29) is 35.5 Å². The van der Waals surface area contributed by atoms with E-state index in [1.165, 1.54) is 6.07 Å². The van der Waals surface area contributed by atoms with Crippen molar-refractivity contribution in [2.75, 3.05) is 0 Å². The summed E-state index contributed by atoms with van der Waals surface area (Å²) in [4.78, 5) is 52.7. The lowest BCUT2D eigenvalue weighted by Gasteiger charge is -2.59. The molecular weight excluding hydrogens is 536 g/mol. The smallest absolute Gasteiger partial charge is 0.203 e. The van der Waals surface area contributed by atoms with Gasteiger partial charge in [-0.25, -0.2) is 0 Å². The summed E-state index contributed by atoms with van der Waals surface area (Å²) in [5, 5.41) is 46.0. The number of carbonyl (C=O) groups excluding carboxylic acids is 4. The van der Waals surface area contributed by atoms with Crippen molar-refractivity contribution in [3.8, 4) is 16.9 Å². The second kappa shape index (κ2) is 9.49. The van der Waals surface area contributed by atoms with Crippen LogP contribution in [0.3, 0.4) is 0 Å². The number of phenolic OH excluding ortho intramolecular Hbond substituents is 1. The van der Waals surface area contributed by atoms with Crippen LogP contribution in [-0.4, -0.2) is 49.2 Å². The number of rotatable bonds is 5. The quantitative estimate of drug-likeness (QED) is 0.273. The van der Waals surface area contributed by atoms with Crippen LogP contribution in [0.5, 0.6) is 5.75 Å². The topological polar surface area (TPSA) is 149 Å². The minimum atomic E-state index is -2.65. The number of fused-ring (bicyclic) bond motifs is 3. The predicted molar refractivity (Wildman–Crippen MR) is 156 cm³/mol. The molecule has 0 spiro atoms. The molecule has 42 heavy (non-hydrogen) atoms. The summed E-state index contributed by atoms with van der Waals surface area (Å²) < 4.78 is 0. The Morgan fingerprint density at radius 1 is 1.00 bits per heavy atom. The van der Waals surface area contributed by atoms with E-state index in [9.17, 15) is 39.6 Å². The number of benzene rings is 2. The van der Waals surface area contributed by atoms with Crippen LogP contribution in [-0.2, 0) is 20.8 Å². The maximum atomic E-state index is 14.4. The minimum Gasteiger partial charge on any atom is -0.508 e. The van der Waals surface area contributed by atoms with Crippen LogP contribution >= 0.6 is 0 Å². The number of Topliss-reactive ketones (excluding diaryl/α,β-unsaturated/α-hetero) is 4. The van der Waals surface area contributed by atoms with Crippen molar-refractivity contribution in [1.82, 2.24) is 0 Å². The van der Waals surface area contributed by atoms with Gasteiger partial charge in [0.1, 0.15) is 22.8 Å². The second-order valence-corrected chi connectivity index (χ2v) is 12.8. The summed E-state index contributed by atoms with van der Waals surface area (Å²) in [5.41, 5.74) is -3.45. The van der Waals surface area contributed by atoms with Gasteiger partial charge in [0.25, 0.3) is 0 Å². The van der Waals surface area contributed by atoms with Gasteiger partial charge in [-0.05, 0) is 48.4 Å². The van der Waals surface area contributed by atoms with Gasteiger partial charge in [-0.3, -0.25) is 19.2 Å². The van der Waals surface area contributed by atoms with Gasteiger partial charge in [-0.2, -0.15) is 0 Å². The molecule has 1 saturated carbocycles. The molecule has 4 N–H and O–H groups in total. The lowest BCUT2D eigenvalue weighted by molar-refractivity contribution is -0.178. The fourth-order valence-electron chi connectivity index (χ4n) is 8.03. The standard InChI is InChI=1S/C34H36O8/c1-7-22(36)19-10-8-18(9-11-19)20-12-13-23(37)25-21(20)14-32(5)15-33(6)26(16(2)3)28(38)24(17(4)35)30(40)34(33,42)31(41)27(32)29(25)39/h8-13,16,26,37,39-40,42H,7,14-15H2,1-6H3/t26?,32-,33-,34+/m1/s1. The first-order valence-corrected chi connectivity index (χ1v) is 14.2. The first-order chi connectivity index (χ1) is 19.5. The summed E-state index contributed by atoms with van der Waals surface area (Å²) in [6.45, 7) is 9.77. The molecule has 0 saturated heterocycles. The number of hydrogen-bond acceptors (Lipinski definition) is 8. The number of ketones is 4. The molecule has 2 aromatic rings. The lowest BCUT2D eigenvalue weighted by Crippen LogP contribution is -2.69. The van der Waals surface area contributed by atoms with Gasteiger partial charge in [0.2, 0.25) is 5.78 Å². The van der Waals surface area contributed by atoms with Gasteiger partial charge in [0, 0.05) is 34.3 Å². The van der Waals surface area contributed by atoms with E-state index < -0.39 is 62.7 Å². The van der Waals surface area contributed by atoms with E-state index in [0.717, 1.165) is 12.5 Å². The molecule has 5 rings (SSSR count). The van der Waals surface area contributed by atoms with E-state index in [2.05, 4.69) is 0 Å². The molecule has 0 aromatic heterocycles. The molecule has 4 atom stereocenters. The van der Waals surface area contributed by atoms with Crippen molar-refractivity contribution >= 4 is 28.9 Å². The number of carbonyl (C=O) groups is 4. The average molecular weight is 573 g/mol. The Morgan fingerprint density at radius 2 is 1.62 bits per heavy atom. The zero-order chi connectivity index (χ0) is 31.1. The third-order valence-corrected chi connectivity index (χ3v) is 9.73. The molecule has 2 aromatic carbocycles. The molecule has 1 fully saturated rings. The van der Waals surface area contributed by atoms with Crippen molar-refractivity contribution in [1.29, 1.82) is 0 Å². The van der Waals surface area contributed by atoms with Crippen LogP contribution in [0.15, 0.2) is 53.3 Å². The molecule has 0 radical (unpaired) electrons. The largest absolute Gasteiger partial charge is 0.508 e. The maximum Gasteiger partial charge on any atom is 0.203 e. The second-order valence-electron chi connectivity index (χ2n) is 12.8. The number of allylic oxidation sites excluding steroid dienone is 1. The Labute approximate surface area is 244 Å². The Morgan fingerprint density at radius 3 is 2.17 bits per heavy atom. The Hall–Kier alpha value is -4.04. The summed E-state index contributed by atoms with van der Waals surface area (Å²) in [6, 6.07) is 10.1. The van der Waals surface area contributed by atoms with Crippen molar-refractivity contribution in [3.05, 3.63) is 70.0 Å². The third kappa shape index (κ3) is 3.70. The molecular formula is C34H36O8. The number of phenols is 1. The molecule has 220 valence electrons. The van der Waals surface area contributed by atoms with Crippen LogP contribution in [0.2, 0.25) is 0 Å². The summed E-state index contributed by atoms with van der Waals surface area (Å²) in [7, 11) is 0. The van der Waals surface area contributed by atoms with Crippen molar-refractivity contribution in [3.63, 3.8) is 0 Å². The molecule has 0 aliphatic heterocycles. The fourth-order valence-corrected chi connectivity index (χ4v) is 8.03. The fraction of sp³-hybridized carbons (Fsp3) is 0.412. The van der Waals surface area contributed by atoms with Gasteiger partial charge in [0.15, 0.2) is 23.0 Å². The number of hydrogen-bond donors (Lipinski definition) is 4. The zero-order valence-electron chi connectivity index (χ0n) is 24.7. The number of aliphatic hydroxyl groups is 3. The van der Waals surface area contributed by atoms with Crippen molar-refractivity contribution < 1.29 is 39.6 Å². The van der Waals surface area contributed by atoms with Crippen molar-refractivity contribution in [2.45, 2.75) is 66.4 Å². The Balaban J connectivity index is 1.77. The molecule has 0 amide bonds. The van der Waals surface area contributed by atoms with Crippen LogP contribution < -0.4 is 0 Å². The molecule has 1 unspecified atom stereocenters. The van der Waals surface area contributed by atoms with Crippen LogP contribution in [0.1, 0.15) is 75.9 Å². The highest BCUT2D eigenvalue weighted by Crippen LogP contribution is 2.65. The average Bonchev–Trinajstić information content (AvgIpc) is 2.90. The van der Waals surface area contributed by atoms with Gasteiger partial charge < -0.3 is 20.4 Å². The number of aromatic hydroxyl groups is 1. The molecule has 3 aliphatic carbocycles. The molecule has 8 nitrogen and oxygen atoms in total. The van der Waals surface area contributed by atoms with Gasteiger partial charge in [-0.15, -0.1) is 0 Å². The van der Waals surface area contributed by atoms with E-state index in [4.69, 9.17) is 0 Å². The van der Waals surface area contributed by atoms with E-state index in [1.54, 1.807) is 65.0 Å². The first kappa shape index (κ1) is 29.5. The van der Waals surface area contributed by atoms with Crippen molar-refractivity contribution in [2.24, 2.45) is 22.7 Å². The third-order valence-electron chi connectivity index (χ3n) is 9.73. The monoisotopic (exact) mass is 572 g/mol. The predicted octanol–water partition coefficient (Wildman–Crippen LogP) is 5.45. The molecule has 8 heteroatoms. The molecule has 0 bridgehead atoms. The molecule has 3 aliphatic rings.